The first kappa shape index (κ1) is 22.4. The van der Waals surface area contributed by atoms with Crippen molar-refractivity contribution in [2.24, 2.45) is 0 Å². The van der Waals surface area contributed by atoms with Gasteiger partial charge in [0.05, 0.1) is 24.9 Å². The number of carbonyl (C=O) groups excluding carboxylic acids is 1. The first-order chi connectivity index (χ1) is 17.5. The summed E-state index contributed by atoms with van der Waals surface area (Å²) in [5, 5.41) is 12.9. The van der Waals surface area contributed by atoms with Gasteiger partial charge in [-0.15, -0.1) is 0 Å². The van der Waals surface area contributed by atoms with E-state index in [9.17, 15) is 9.90 Å². The molecule has 2 fully saturated rings. The Labute approximate surface area is 205 Å². The molecule has 1 amide bonds. The number of aliphatic hydroxyl groups is 1. The summed E-state index contributed by atoms with van der Waals surface area (Å²) in [6.07, 6.45) is 3.17. The Bertz CT molecular complexity index is 1410. The third-order valence-electron chi connectivity index (χ3n) is 6.23. The van der Waals surface area contributed by atoms with Gasteiger partial charge in [0.2, 0.25) is 11.5 Å². The van der Waals surface area contributed by atoms with Gasteiger partial charge >= 0.3 is 0 Å². The number of carbonyl (C=O) groups is 1. The molecule has 2 saturated heterocycles. The van der Waals surface area contributed by atoms with Gasteiger partial charge in [0, 0.05) is 49.7 Å². The second-order valence-electron chi connectivity index (χ2n) is 8.84. The lowest BCUT2D eigenvalue weighted by Crippen LogP contribution is -2.36. The second kappa shape index (κ2) is 9.21. The van der Waals surface area contributed by atoms with Gasteiger partial charge in [-0.3, -0.25) is 9.78 Å². The van der Waals surface area contributed by atoms with Crippen molar-refractivity contribution in [3.8, 4) is 11.5 Å². The molecule has 36 heavy (non-hydrogen) atoms. The van der Waals surface area contributed by atoms with E-state index in [4.69, 9.17) is 13.6 Å². The standard InChI is InChI=1S/C24H25N7O5/c1-14-10-15(2-4-25-14)23-27-19(13-35-23)26-22(33)17-11-18-20(28-21(17)31-5-3-16(32)12-31)29-24(36-18)30-6-8-34-9-7-30/h2,4,10-11,13,16,32H,3,5-9,12H2,1H3,(H,26,33). The topological polar surface area (TPSA) is 143 Å². The smallest absolute Gasteiger partial charge is 0.300 e. The Balaban J connectivity index is 1.32. The number of β-amino-alcohol motifs (C(OH)–C–C–N with tert-alkyl or cyclic N) is 1. The zero-order chi connectivity index (χ0) is 24.6. The maximum Gasteiger partial charge on any atom is 0.300 e. The number of fused-ring (bicyclic) bond motifs is 1. The van der Waals surface area contributed by atoms with Crippen molar-refractivity contribution in [2.75, 3.05) is 54.5 Å². The van der Waals surface area contributed by atoms with Crippen LogP contribution in [0.15, 0.2) is 39.5 Å². The summed E-state index contributed by atoms with van der Waals surface area (Å²) in [5.74, 6) is 0.656. The molecule has 0 saturated carbocycles. The van der Waals surface area contributed by atoms with E-state index in [0.29, 0.717) is 80.3 Å². The Morgan fingerprint density at radius 2 is 2.00 bits per heavy atom. The molecule has 1 unspecified atom stereocenters. The first-order valence-corrected chi connectivity index (χ1v) is 11.8. The lowest BCUT2D eigenvalue weighted by Gasteiger charge is -2.24. The molecule has 0 aromatic carbocycles. The lowest BCUT2D eigenvalue weighted by atomic mass is 10.2. The number of aliphatic hydroxyl groups excluding tert-OH is 1. The highest BCUT2D eigenvalue weighted by Gasteiger charge is 2.28. The molecule has 2 aliphatic rings. The Morgan fingerprint density at radius 1 is 1.14 bits per heavy atom. The molecule has 0 radical (unpaired) electrons. The third-order valence-corrected chi connectivity index (χ3v) is 6.23. The molecule has 2 aliphatic heterocycles. The largest absolute Gasteiger partial charge is 0.442 e. The highest BCUT2D eigenvalue weighted by Crippen LogP contribution is 2.30. The number of anilines is 3. The maximum atomic E-state index is 13.4. The summed E-state index contributed by atoms with van der Waals surface area (Å²) >= 11 is 0. The van der Waals surface area contributed by atoms with Crippen LogP contribution in [0.3, 0.4) is 0 Å². The normalized spacial score (nSPS) is 18.2. The van der Waals surface area contributed by atoms with Crippen molar-refractivity contribution in [3.63, 3.8) is 0 Å². The number of hydrogen-bond donors (Lipinski definition) is 2. The summed E-state index contributed by atoms with van der Waals surface area (Å²) in [7, 11) is 0. The van der Waals surface area contributed by atoms with Crippen LogP contribution in [0.4, 0.5) is 17.7 Å². The molecule has 4 aromatic heterocycles. The average Bonchev–Trinajstić information content (AvgIpc) is 3.63. The van der Waals surface area contributed by atoms with Crippen LogP contribution in [0, 0.1) is 6.92 Å². The number of hydrogen-bond acceptors (Lipinski definition) is 11. The lowest BCUT2D eigenvalue weighted by molar-refractivity contribution is 0.102. The van der Waals surface area contributed by atoms with Gasteiger partial charge in [-0.2, -0.15) is 9.97 Å². The molecule has 0 spiro atoms. The molecular formula is C24H25N7O5. The number of aryl methyl sites for hydroxylation is 1. The van der Waals surface area contributed by atoms with E-state index in [-0.39, 0.29) is 5.82 Å². The van der Waals surface area contributed by atoms with E-state index >= 15 is 0 Å². The van der Waals surface area contributed by atoms with Crippen molar-refractivity contribution in [1.29, 1.82) is 0 Å². The monoisotopic (exact) mass is 491 g/mol. The van der Waals surface area contributed by atoms with E-state index in [1.54, 1.807) is 18.3 Å². The predicted molar refractivity (Wildman–Crippen MR) is 130 cm³/mol. The quantitative estimate of drug-likeness (QED) is 0.424. The number of nitrogens with one attached hydrogen (secondary N) is 1. The van der Waals surface area contributed by atoms with Gasteiger partial charge in [0.25, 0.3) is 11.9 Å². The summed E-state index contributed by atoms with van der Waals surface area (Å²) in [4.78, 5) is 35.1. The van der Waals surface area contributed by atoms with E-state index in [0.717, 1.165) is 11.3 Å². The Morgan fingerprint density at radius 3 is 2.78 bits per heavy atom. The highest BCUT2D eigenvalue weighted by molar-refractivity contribution is 6.08. The summed E-state index contributed by atoms with van der Waals surface area (Å²) < 4.78 is 16.9. The van der Waals surface area contributed by atoms with Crippen LogP contribution in [-0.2, 0) is 4.74 Å². The number of aromatic nitrogens is 4. The maximum absolute atomic E-state index is 13.4. The fourth-order valence-corrected chi connectivity index (χ4v) is 4.40. The third kappa shape index (κ3) is 4.36. The minimum Gasteiger partial charge on any atom is -0.442 e. The van der Waals surface area contributed by atoms with Gasteiger partial charge in [-0.05, 0) is 25.5 Å². The minimum absolute atomic E-state index is 0.267. The van der Waals surface area contributed by atoms with Gasteiger partial charge in [0.1, 0.15) is 12.1 Å². The molecule has 6 rings (SSSR count). The van der Waals surface area contributed by atoms with Gasteiger partial charge in [-0.25, -0.2) is 4.98 Å². The number of nitrogens with zero attached hydrogens (tertiary/aromatic N) is 6. The van der Waals surface area contributed by atoms with Crippen LogP contribution in [-0.4, -0.2) is 76.4 Å². The van der Waals surface area contributed by atoms with Gasteiger partial charge in [0.15, 0.2) is 11.4 Å². The number of amides is 1. The molecule has 1 atom stereocenters. The van der Waals surface area contributed by atoms with Crippen molar-refractivity contribution in [3.05, 3.63) is 41.9 Å². The van der Waals surface area contributed by atoms with Crippen molar-refractivity contribution < 1.29 is 23.5 Å². The van der Waals surface area contributed by atoms with E-state index in [2.05, 4.69) is 25.3 Å². The molecule has 6 heterocycles. The fraction of sp³-hybridized carbons (Fsp3) is 0.375. The van der Waals surface area contributed by atoms with Crippen molar-refractivity contribution in [1.82, 2.24) is 19.9 Å². The SMILES string of the molecule is Cc1cc(-c2nc(NC(=O)c3cc4oc(N5CCOCC5)nc4nc3N3CCC(O)C3)co2)ccn1. The van der Waals surface area contributed by atoms with E-state index < -0.39 is 12.0 Å². The Kier molecular flexibility index (Phi) is 5.74. The van der Waals surface area contributed by atoms with E-state index in [1.165, 1.54) is 6.26 Å². The van der Waals surface area contributed by atoms with Gasteiger partial charge < -0.3 is 33.8 Å². The van der Waals surface area contributed by atoms with Crippen LogP contribution in [0.5, 0.6) is 0 Å². The Hall–Kier alpha value is -4.03. The highest BCUT2D eigenvalue weighted by atomic mass is 16.5. The predicted octanol–water partition coefficient (Wildman–Crippen LogP) is 2.24. The molecule has 2 N–H and O–H groups in total. The molecule has 0 aliphatic carbocycles. The first-order valence-electron chi connectivity index (χ1n) is 11.8. The molecule has 0 bridgehead atoms. The van der Waals surface area contributed by atoms with Crippen LogP contribution in [0.25, 0.3) is 22.7 Å². The molecule has 186 valence electrons. The molecule has 12 nitrogen and oxygen atoms in total. The summed E-state index contributed by atoms with van der Waals surface area (Å²) in [6.45, 7) is 5.34. The second-order valence-corrected chi connectivity index (χ2v) is 8.84. The number of pyridine rings is 2. The van der Waals surface area contributed by atoms with Crippen molar-refractivity contribution in [2.45, 2.75) is 19.4 Å². The van der Waals surface area contributed by atoms with Crippen LogP contribution in [0.1, 0.15) is 22.5 Å². The van der Waals surface area contributed by atoms with Crippen LogP contribution in [0.2, 0.25) is 0 Å². The summed E-state index contributed by atoms with van der Waals surface area (Å²) in [6, 6.07) is 5.72. The van der Waals surface area contributed by atoms with Crippen molar-refractivity contribution >= 4 is 34.8 Å². The fourth-order valence-electron chi connectivity index (χ4n) is 4.40. The molecule has 4 aromatic rings. The van der Waals surface area contributed by atoms with Gasteiger partial charge in [-0.1, -0.05) is 0 Å². The summed E-state index contributed by atoms with van der Waals surface area (Å²) in [5.41, 5.74) is 2.69. The number of oxazole rings is 2. The molecule has 12 heteroatoms. The molecular weight excluding hydrogens is 466 g/mol. The van der Waals surface area contributed by atoms with Crippen LogP contribution >= 0.6 is 0 Å². The number of rotatable bonds is 5. The van der Waals surface area contributed by atoms with Crippen LogP contribution < -0.4 is 15.1 Å². The average molecular weight is 492 g/mol. The van der Waals surface area contributed by atoms with E-state index in [1.807, 2.05) is 22.8 Å². The minimum atomic E-state index is -0.485. The zero-order valence-corrected chi connectivity index (χ0v) is 19.7. The number of morpholine rings is 1. The number of ether oxygens (including phenoxy) is 1. The zero-order valence-electron chi connectivity index (χ0n) is 19.7.